The van der Waals surface area contributed by atoms with Gasteiger partial charge in [0.15, 0.2) is 5.11 Å². The van der Waals surface area contributed by atoms with E-state index in [9.17, 15) is 18.0 Å². The molecular weight excluding hydrogens is 464 g/mol. The molecule has 0 aliphatic carbocycles. The zero-order chi connectivity index (χ0) is 18.8. The van der Waals surface area contributed by atoms with Gasteiger partial charge in [-0.05, 0) is 90.1 Å². The van der Waals surface area contributed by atoms with Gasteiger partial charge in [0.05, 0.1) is 11.3 Å². The maximum atomic E-state index is 13.1. The second kappa shape index (κ2) is 7.69. The summed E-state index contributed by atoms with van der Waals surface area (Å²) in [5.41, 5.74) is 1.29. The quantitative estimate of drug-likeness (QED) is 0.469. The first-order valence-corrected chi connectivity index (χ1v) is 8.63. The second-order valence-corrected chi connectivity index (χ2v) is 7.05. The lowest BCUT2D eigenvalue weighted by atomic mass is 10.1. The van der Waals surface area contributed by atoms with Crippen molar-refractivity contribution >= 4 is 51.5 Å². The minimum absolute atomic E-state index is 0.199. The summed E-state index contributed by atoms with van der Waals surface area (Å²) in [7, 11) is 0. The third-order valence-corrected chi connectivity index (χ3v) is 4.41. The molecule has 3 nitrogen and oxygen atoms in total. The number of nitrogens with one attached hydrogen (secondary N) is 2. The molecule has 0 unspecified atom stereocenters. The summed E-state index contributed by atoms with van der Waals surface area (Å²) in [6.45, 7) is 3.78. The van der Waals surface area contributed by atoms with Crippen molar-refractivity contribution in [3.05, 3.63) is 62.2 Å². The zero-order valence-corrected chi connectivity index (χ0v) is 16.3. The Labute approximate surface area is 162 Å². The van der Waals surface area contributed by atoms with Gasteiger partial charge in [0.1, 0.15) is 0 Å². The molecular formula is C17H14F3IN2OS. The molecule has 0 radical (unpaired) electrons. The van der Waals surface area contributed by atoms with Crippen molar-refractivity contribution in [2.45, 2.75) is 20.0 Å². The normalized spacial score (nSPS) is 11.1. The van der Waals surface area contributed by atoms with Crippen LogP contribution in [0, 0.1) is 17.4 Å². The molecule has 0 saturated carbocycles. The van der Waals surface area contributed by atoms with Crippen LogP contribution in [-0.4, -0.2) is 11.0 Å². The number of aryl methyl sites for hydroxylation is 2. The van der Waals surface area contributed by atoms with Gasteiger partial charge >= 0.3 is 6.18 Å². The number of thiocarbonyl (C=S) groups is 1. The van der Waals surface area contributed by atoms with Crippen LogP contribution in [0.2, 0.25) is 0 Å². The van der Waals surface area contributed by atoms with E-state index in [-0.39, 0.29) is 10.8 Å². The molecule has 1 amide bonds. The van der Waals surface area contributed by atoms with Crippen molar-refractivity contribution in [2.24, 2.45) is 0 Å². The lowest BCUT2D eigenvalue weighted by Gasteiger charge is -2.16. The predicted molar refractivity (Wildman–Crippen MR) is 104 cm³/mol. The van der Waals surface area contributed by atoms with Gasteiger partial charge in [0.2, 0.25) is 0 Å². The van der Waals surface area contributed by atoms with Crippen molar-refractivity contribution in [2.75, 3.05) is 5.32 Å². The van der Waals surface area contributed by atoms with E-state index in [0.717, 1.165) is 17.2 Å². The van der Waals surface area contributed by atoms with E-state index < -0.39 is 17.6 Å². The van der Waals surface area contributed by atoms with Crippen LogP contribution in [-0.2, 0) is 6.18 Å². The largest absolute Gasteiger partial charge is 0.418 e. The van der Waals surface area contributed by atoms with Crippen molar-refractivity contribution in [1.82, 2.24) is 5.32 Å². The van der Waals surface area contributed by atoms with Crippen molar-refractivity contribution in [3.8, 4) is 0 Å². The lowest BCUT2D eigenvalue weighted by Crippen LogP contribution is -2.34. The minimum atomic E-state index is -4.53. The fourth-order valence-electron chi connectivity index (χ4n) is 2.07. The summed E-state index contributed by atoms with van der Waals surface area (Å²) in [5, 5.41) is 4.64. The van der Waals surface area contributed by atoms with Gasteiger partial charge < -0.3 is 5.32 Å². The molecule has 0 fully saturated rings. The number of halogens is 4. The van der Waals surface area contributed by atoms with Crippen molar-refractivity contribution < 1.29 is 18.0 Å². The zero-order valence-electron chi connectivity index (χ0n) is 13.3. The SMILES string of the molecule is Cc1ccc(C(=O)NC(=S)Nc2ccc(I)cc2C(F)(F)F)cc1C. The molecule has 0 aromatic heterocycles. The van der Waals surface area contributed by atoms with Gasteiger partial charge in [0.25, 0.3) is 5.91 Å². The van der Waals surface area contributed by atoms with E-state index in [1.54, 1.807) is 40.8 Å². The third kappa shape index (κ3) is 5.15. The van der Waals surface area contributed by atoms with Crippen LogP contribution in [0.3, 0.4) is 0 Å². The van der Waals surface area contributed by atoms with Gasteiger partial charge in [-0.3, -0.25) is 10.1 Å². The summed E-state index contributed by atoms with van der Waals surface area (Å²) < 4.78 is 39.8. The van der Waals surface area contributed by atoms with E-state index in [2.05, 4.69) is 10.6 Å². The van der Waals surface area contributed by atoms with E-state index >= 15 is 0 Å². The Balaban J connectivity index is 2.15. The molecule has 2 N–H and O–H groups in total. The number of rotatable bonds is 2. The van der Waals surface area contributed by atoms with E-state index in [1.807, 2.05) is 13.8 Å². The van der Waals surface area contributed by atoms with Gasteiger partial charge in [-0.1, -0.05) is 6.07 Å². The minimum Gasteiger partial charge on any atom is -0.332 e. The Morgan fingerprint density at radius 3 is 2.36 bits per heavy atom. The highest BCUT2D eigenvalue weighted by Crippen LogP contribution is 2.35. The molecule has 0 aliphatic rings. The van der Waals surface area contributed by atoms with Crippen molar-refractivity contribution in [1.29, 1.82) is 0 Å². The number of carbonyl (C=O) groups excluding carboxylic acids is 1. The number of benzene rings is 2. The Bertz CT molecular complexity index is 837. The molecule has 2 rings (SSSR count). The number of alkyl halides is 3. The molecule has 25 heavy (non-hydrogen) atoms. The molecule has 8 heteroatoms. The number of hydrogen-bond acceptors (Lipinski definition) is 2. The summed E-state index contributed by atoms with van der Waals surface area (Å²) in [6, 6.07) is 8.93. The van der Waals surface area contributed by atoms with Crippen LogP contribution in [0.4, 0.5) is 18.9 Å². The highest BCUT2D eigenvalue weighted by atomic mass is 127. The lowest BCUT2D eigenvalue weighted by molar-refractivity contribution is -0.137. The number of anilines is 1. The molecule has 0 heterocycles. The Morgan fingerprint density at radius 2 is 1.76 bits per heavy atom. The number of hydrogen-bond donors (Lipinski definition) is 2. The summed E-state index contributed by atoms with van der Waals surface area (Å²) in [6.07, 6.45) is -4.53. The summed E-state index contributed by atoms with van der Waals surface area (Å²) in [4.78, 5) is 12.2. The fourth-order valence-corrected chi connectivity index (χ4v) is 2.77. The molecule has 0 bridgehead atoms. The monoisotopic (exact) mass is 478 g/mol. The smallest absolute Gasteiger partial charge is 0.332 e. The third-order valence-electron chi connectivity index (χ3n) is 3.53. The van der Waals surface area contributed by atoms with Gasteiger partial charge in [-0.2, -0.15) is 13.2 Å². The molecule has 2 aromatic rings. The van der Waals surface area contributed by atoms with Crippen molar-refractivity contribution in [3.63, 3.8) is 0 Å². The standard InChI is InChI=1S/C17H14F3IN2OS/c1-9-3-4-11(7-10(9)2)15(24)23-16(25)22-14-6-5-12(21)8-13(14)17(18,19)20/h3-8H,1-2H3,(H2,22,23,24,25). The Kier molecular flexibility index (Phi) is 6.04. The topological polar surface area (TPSA) is 41.1 Å². The molecule has 0 saturated heterocycles. The van der Waals surface area contributed by atoms with Crippen LogP contribution in [0.1, 0.15) is 27.0 Å². The Morgan fingerprint density at radius 1 is 1.08 bits per heavy atom. The average Bonchev–Trinajstić information content (AvgIpc) is 2.50. The summed E-state index contributed by atoms with van der Waals surface area (Å²) >= 11 is 6.77. The van der Waals surface area contributed by atoms with E-state index in [1.165, 1.54) is 12.1 Å². The van der Waals surface area contributed by atoms with Crippen LogP contribution in [0.25, 0.3) is 0 Å². The number of amides is 1. The fraction of sp³-hybridized carbons (Fsp3) is 0.176. The summed E-state index contributed by atoms with van der Waals surface area (Å²) in [5.74, 6) is -0.486. The average molecular weight is 478 g/mol. The first-order valence-electron chi connectivity index (χ1n) is 7.14. The van der Waals surface area contributed by atoms with Gasteiger partial charge in [-0.25, -0.2) is 0 Å². The van der Waals surface area contributed by atoms with Crippen LogP contribution in [0.5, 0.6) is 0 Å². The maximum Gasteiger partial charge on any atom is 0.418 e. The molecule has 0 atom stereocenters. The maximum absolute atomic E-state index is 13.1. The van der Waals surface area contributed by atoms with E-state index in [0.29, 0.717) is 9.13 Å². The highest BCUT2D eigenvalue weighted by molar-refractivity contribution is 14.1. The first kappa shape index (κ1) is 19.6. The molecule has 0 aliphatic heterocycles. The Hall–Kier alpha value is -1.68. The first-order chi connectivity index (χ1) is 11.6. The molecule has 2 aromatic carbocycles. The second-order valence-electron chi connectivity index (χ2n) is 5.39. The molecule has 132 valence electrons. The van der Waals surface area contributed by atoms with Crippen LogP contribution >= 0.6 is 34.8 Å². The van der Waals surface area contributed by atoms with Gasteiger partial charge in [0, 0.05) is 9.13 Å². The number of carbonyl (C=O) groups is 1. The van der Waals surface area contributed by atoms with Crippen LogP contribution < -0.4 is 10.6 Å². The van der Waals surface area contributed by atoms with Crippen LogP contribution in [0.15, 0.2) is 36.4 Å². The predicted octanol–water partition coefficient (Wildman–Crippen LogP) is 5.05. The highest BCUT2D eigenvalue weighted by Gasteiger charge is 2.34. The molecule has 0 spiro atoms. The van der Waals surface area contributed by atoms with Gasteiger partial charge in [-0.15, -0.1) is 0 Å². The van der Waals surface area contributed by atoms with E-state index in [4.69, 9.17) is 12.2 Å².